The highest BCUT2D eigenvalue weighted by Crippen LogP contribution is 2.22. The van der Waals surface area contributed by atoms with Gasteiger partial charge in [-0.2, -0.15) is 0 Å². The molecule has 0 spiro atoms. The van der Waals surface area contributed by atoms with Crippen molar-refractivity contribution in [3.63, 3.8) is 0 Å². The first-order valence-electron chi connectivity index (χ1n) is 5.65. The fourth-order valence-corrected chi connectivity index (χ4v) is 1.95. The summed E-state index contributed by atoms with van der Waals surface area (Å²) in [5.41, 5.74) is 1.17. The van der Waals surface area contributed by atoms with Crippen LogP contribution in [0.5, 0.6) is 0 Å². The number of hydrogen-bond donors (Lipinski definition) is 1. The second kappa shape index (κ2) is 5.80. The van der Waals surface area contributed by atoms with Gasteiger partial charge in [-0.3, -0.25) is 4.79 Å². The molecule has 0 amide bonds. The first-order valence-corrected chi connectivity index (χ1v) is 6.03. The Morgan fingerprint density at radius 1 is 1.37 bits per heavy atom. The van der Waals surface area contributed by atoms with E-state index in [1.54, 1.807) is 18.2 Å². The lowest BCUT2D eigenvalue weighted by Crippen LogP contribution is -2.14. The first-order chi connectivity index (χ1) is 9.06. The molecular weight excluding hydrogens is 269 g/mol. The van der Waals surface area contributed by atoms with Gasteiger partial charge in [-0.1, -0.05) is 29.8 Å². The van der Waals surface area contributed by atoms with Crippen LogP contribution in [0.15, 0.2) is 42.6 Å². The van der Waals surface area contributed by atoms with Crippen LogP contribution in [0.1, 0.15) is 17.0 Å². The van der Waals surface area contributed by atoms with Crippen LogP contribution in [0.25, 0.3) is 0 Å². The van der Waals surface area contributed by atoms with E-state index < -0.39 is 17.7 Å². The molecule has 0 aliphatic rings. The minimum Gasteiger partial charge on any atom is -0.481 e. The van der Waals surface area contributed by atoms with Crippen molar-refractivity contribution in [2.75, 3.05) is 0 Å². The molecule has 0 saturated carbocycles. The summed E-state index contributed by atoms with van der Waals surface area (Å²) < 4.78 is 13.2. The van der Waals surface area contributed by atoms with Gasteiger partial charge < -0.3 is 5.11 Å². The molecule has 0 radical (unpaired) electrons. The monoisotopic (exact) mass is 279 g/mol. The van der Waals surface area contributed by atoms with Gasteiger partial charge in [0.1, 0.15) is 11.0 Å². The Hall–Kier alpha value is -1.94. The summed E-state index contributed by atoms with van der Waals surface area (Å²) in [4.78, 5) is 15.2. The van der Waals surface area contributed by atoms with Crippen LogP contribution in [0.2, 0.25) is 5.15 Å². The average Bonchev–Trinajstić information content (AvgIpc) is 2.37. The van der Waals surface area contributed by atoms with Crippen molar-refractivity contribution in [1.29, 1.82) is 0 Å². The number of aromatic nitrogens is 1. The Kier molecular flexibility index (Phi) is 4.12. The fourth-order valence-electron chi connectivity index (χ4n) is 1.83. The van der Waals surface area contributed by atoms with Gasteiger partial charge in [0.05, 0.1) is 5.92 Å². The molecule has 2 aromatic rings. The van der Waals surface area contributed by atoms with Crippen molar-refractivity contribution in [1.82, 2.24) is 4.98 Å². The van der Waals surface area contributed by atoms with Gasteiger partial charge in [-0.05, 0) is 35.7 Å². The lowest BCUT2D eigenvalue weighted by molar-refractivity contribution is -0.138. The van der Waals surface area contributed by atoms with Crippen LogP contribution < -0.4 is 0 Å². The van der Waals surface area contributed by atoms with Gasteiger partial charge in [0.25, 0.3) is 0 Å². The van der Waals surface area contributed by atoms with Gasteiger partial charge in [0.2, 0.25) is 0 Å². The molecule has 1 N–H and O–H groups in total. The van der Waals surface area contributed by atoms with Crippen LogP contribution >= 0.6 is 11.6 Å². The predicted octanol–water partition coefficient (Wildman–Crippen LogP) is 3.29. The molecule has 1 heterocycles. The van der Waals surface area contributed by atoms with E-state index in [9.17, 15) is 14.3 Å². The normalized spacial score (nSPS) is 12.1. The summed E-state index contributed by atoms with van der Waals surface area (Å²) in [7, 11) is 0. The van der Waals surface area contributed by atoms with Crippen molar-refractivity contribution in [3.8, 4) is 0 Å². The number of halogens is 2. The minimum absolute atomic E-state index is 0.239. The molecule has 1 unspecified atom stereocenters. The highest BCUT2D eigenvalue weighted by atomic mass is 35.5. The molecular formula is C14H11ClFNO2. The van der Waals surface area contributed by atoms with Gasteiger partial charge in [-0.15, -0.1) is 0 Å². The van der Waals surface area contributed by atoms with E-state index in [0.29, 0.717) is 10.7 Å². The number of benzene rings is 1. The summed E-state index contributed by atoms with van der Waals surface area (Å²) in [5, 5.41) is 9.61. The molecule has 98 valence electrons. The molecule has 2 rings (SSSR count). The zero-order valence-corrected chi connectivity index (χ0v) is 10.6. The largest absolute Gasteiger partial charge is 0.481 e. The zero-order chi connectivity index (χ0) is 13.8. The van der Waals surface area contributed by atoms with Gasteiger partial charge in [0, 0.05) is 6.20 Å². The molecule has 0 bridgehead atoms. The van der Waals surface area contributed by atoms with Crippen molar-refractivity contribution in [2.45, 2.75) is 12.3 Å². The molecule has 1 atom stereocenters. The van der Waals surface area contributed by atoms with Gasteiger partial charge >= 0.3 is 5.97 Å². The second-order valence-corrected chi connectivity index (χ2v) is 4.53. The van der Waals surface area contributed by atoms with E-state index in [-0.39, 0.29) is 6.42 Å². The Bertz CT molecular complexity index is 586. The molecule has 1 aromatic carbocycles. The number of carboxylic acid groups (broad SMARTS) is 1. The van der Waals surface area contributed by atoms with Crippen LogP contribution in [0.3, 0.4) is 0 Å². The number of carboxylic acids is 1. The van der Waals surface area contributed by atoms with E-state index in [2.05, 4.69) is 4.98 Å². The van der Waals surface area contributed by atoms with Crippen LogP contribution in [0, 0.1) is 5.82 Å². The standard InChI is InChI=1S/C14H11ClFNO2/c15-13-5-4-9(8-17-13)6-12(14(18)19)10-2-1-3-11(16)7-10/h1-5,7-8,12H,6H2,(H,18,19). The quantitative estimate of drug-likeness (QED) is 0.874. The number of rotatable bonds is 4. The molecule has 0 aliphatic heterocycles. The molecule has 5 heteroatoms. The van der Waals surface area contributed by atoms with Crippen LogP contribution in [0.4, 0.5) is 4.39 Å². The summed E-state index contributed by atoms with van der Waals surface area (Å²) in [6.07, 6.45) is 1.76. The topological polar surface area (TPSA) is 50.2 Å². The summed E-state index contributed by atoms with van der Waals surface area (Å²) in [6.45, 7) is 0. The zero-order valence-electron chi connectivity index (χ0n) is 9.88. The SMILES string of the molecule is O=C(O)C(Cc1ccc(Cl)nc1)c1cccc(F)c1. The van der Waals surface area contributed by atoms with Crippen molar-refractivity contribution >= 4 is 17.6 Å². The van der Waals surface area contributed by atoms with Crippen LogP contribution in [-0.2, 0) is 11.2 Å². The maximum atomic E-state index is 13.2. The molecule has 19 heavy (non-hydrogen) atoms. The maximum absolute atomic E-state index is 13.2. The Morgan fingerprint density at radius 3 is 2.74 bits per heavy atom. The van der Waals surface area contributed by atoms with Crippen molar-refractivity contribution in [3.05, 3.63) is 64.7 Å². The summed E-state index contributed by atoms with van der Waals surface area (Å²) >= 11 is 5.67. The van der Waals surface area contributed by atoms with E-state index in [4.69, 9.17) is 11.6 Å². The predicted molar refractivity (Wildman–Crippen MR) is 69.7 cm³/mol. The highest BCUT2D eigenvalue weighted by Gasteiger charge is 2.20. The maximum Gasteiger partial charge on any atom is 0.311 e. The number of hydrogen-bond acceptors (Lipinski definition) is 2. The second-order valence-electron chi connectivity index (χ2n) is 4.14. The molecule has 3 nitrogen and oxygen atoms in total. The number of pyridine rings is 1. The first kappa shape index (κ1) is 13.5. The fraction of sp³-hybridized carbons (Fsp3) is 0.143. The smallest absolute Gasteiger partial charge is 0.311 e. The third-order valence-corrected chi connectivity index (χ3v) is 3.00. The van der Waals surface area contributed by atoms with E-state index in [0.717, 1.165) is 5.56 Å². The number of carbonyl (C=O) groups is 1. The molecule has 0 fully saturated rings. The Balaban J connectivity index is 2.26. The van der Waals surface area contributed by atoms with Gasteiger partial charge in [-0.25, -0.2) is 9.37 Å². The van der Waals surface area contributed by atoms with Crippen LogP contribution in [-0.4, -0.2) is 16.1 Å². The molecule has 1 aromatic heterocycles. The Morgan fingerprint density at radius 2 is 2.16 bits per heavy atom. The summed E-state index contributed by atoms with van der Waals surface area (Å²) in [5.74, 6) is -2.25. The number of aliphatic carboxylic acids is 1. The van der Waals surface area contributed by atoms with E-state index in [1.165, 1.54) is 24.4 Å². The van der Waals surface area contributed by atoms with Gasteiger partial charge in [0.15, 0.2) is 0 Å². The van der Waals surface area contributed by atoms with E-state index in [1.807, 2.05) is 0 Å². The van der Waals surface area contributed by atoms with Crippen molar-refractivity contribution < 1.29 is 14.3 Å². The lowest BCUT2D eigenvalue weighted by atomic mass is 9.93. The van der Waals surface area contributed by atoms with Crippen molar-refractivity contribution in [2.24, 2.45) is 0 Å². The summed E-state index contributed by atoms with van der Waals surface area (Å²) in [6, 6.07) is 8.94. The van der Waals surface area contributed by atoms with E-state index >= 15 is 0 Å². The third-order valence-electron chi connectivity index (χ3n) is 2.78. The highest BCUT2D eigenvalue weighted by molar-refractivity contribution is 6.29. The minimum atomic E-state index is -0.999. The Labute approximate surface area is 114 Å². The third kappa shape index (κ3) is 3.51. The number of nitrogens with zero attached hydrogens (tertiary/aromatic N) is 1. The average molecular weight is 280 g/mol. The molecule has 0 aliphatic carbocycles. The molecule has 0 saturated heterocycles. The lowest BCUT2D eigenvalue weighted by Gasteiger charge is -2.12.